The largest absolute Gasteiger partial charge is 0.481 e. The molecule has 2 unspecified atom stereocenters. The minimum absolute atomic E-state index is 0.248. The standard InChI is InChI=1S/C11H20N2O3/c1-7(13(3)9-4-5-9)6-12-10(14)8(2)11(15)16/h7-9H,4-6H2,1-3H3,(H,12,14)(H,15,16). The van der Waals surface area contributed by atoms with Gasteiger partial charge in [-0.05, 0) is 33.7 Å². The number of hydrogen-bond donors (Lipinski definition) is 2. The predicted octanol–water partition coefficient (Wildman–Crippen LogP) is 0.306. The quantitative estimate of drug-likeness (QED) is 0.642. The van der Waals surface area contributed by atoms with Crippen molar-refractivity contribution >= 4 is 11.9 Å². The Morgan fingerprint density at radius 1 is 1.44 bits per heavy atom. The molecule has 0 aliphatic heterocycles. The van der Waals surface area contributed by atoms with Gasteiger partial charge in [-0.3, -0.25) is 14.5 Å². The van der Waals surface area contributed by atoms with Crippen LogP contribution in [0.15, 0.2) is 0 Å². The fourth-order valence-corrected chi connectivity index (χ4v) is 1.50. The third-order valence-corrected chi connectivity index (χ3v) is 3.15. The van der Waals surface area contributed by atoms with Gasteiger partial charge in [0.2, 0.25) is 5.91 Å². The molecule has 16 heavy (non-hydrogen) atoms. The molecule has 0 aromatic rings. The van der Waals surface area contributed by atoms with Crippen molar-refractivity contribution in [1.82, 2.24) is 10.2 Å². The molecule has 0 heterocycles. The first kappa shape index (κ1) is 13.0. The number of aliphatic carboxylic acids is 1. The van der Waals surface area contributed by atoms with Crippen LogP contribution >= 0.6 is 0 Å². The van der Waals surface area contributed by atoms with Gasteiger partial charge < -0.3 is 10.4 Å². The zero-order valence-corrected chi connectivity index (χ0v) is 10.1. The van der Waals surface area contributed by atoms with Gasteiger partial charge in [0.05, 0.1) is 0 Å². The van der Waals surface area contributed by atoms with Crippen LogP contribution < -0.4 is 5.32 Å². The number of likely N-dealkylation sites (N-methyl/N-ethyl adjacent to an activating group) is 1. The first-order valence-electron chi connectivity index (χ1n) is 5.66. The number of carbonyl (C=O) groups is 2. The molecule has 0 bridgehead atoms. The van der Waals surface area contributed by atoms with Crippen LogP contribution in [0.1, 0.15) is 26.7 Å². The van der Waals surface area contributed by atoms with Crippen LogP contribution in [-0.2, 0) is 9.59 Å². The van der Waals surface area contributed by atoms with Gasteiger partial charge in [0.1, 0.15) is 5.92 Å². The Morgan fingerprint density at radius 2 is 2.00 bits per heavy atom. The summed E-state index contributed by atoms with van der Waals surface area (Å²) in [6.45, 7) is 3.93. The van der Waals surface area contributed by atoms with Gasteiger partial charge in [-0.25, -0.2) is 0 Å². The van der Waals surface area contributed by atoms with E-state index in [1.165, 1.54) is 19.8 Å². The summed E-state index contributed by atoms with van der Waals surface area (Å²) in [6.07, 6.45) is 2.45. The number of rotatable bonds is 6. The topological polar surface area (TPSA) is 69.6 Å². The molecule has 92 valence electrons. The summed E-state index contributed by atoms with van der Waals surface area (Å²) in [7, 11) is 2.04. The molecule has 1 saturated carbocycles. The van der Waals surface area contributed by atoms with Gasteiger partial charge in [-0.2, -0.15) is 0 Å². The maximum Gasteiger partial charge on any atom is 0.315 e. The van der Waals surface area contributed by atoms with Crippen molar-refractivity contribution < 1.29 is 14.7 Å². The molecule has 5 heteroatoms. The van der Waals surface area contributed by atoms with Gasteiger partial charge in [-0.1, -0.05) is 0 Å². The van der Waals surface area contributed by atoms with Crippen molar-refractivity contribution in [3.8, 4) is 0 Å². The highest BCUT2D eigenvalue weighted by Gasteiger charge is 2.29. The Hall–Kier alpha value is -1.10. The van der Waals surface area contributed by atoms with Crippen LogP contribution in [0.5, 0.6) is 0 Å². The molecule has 2 N–H and O–H groups in total. The van der Waals surface area contributed by atoms with Crippen LogP contribution in [0.4, 0.5) is 0 Å². The second-order valence-corrected chi connectivity index (χ2v) is 4.55. The lowest BCUT2D eigenvalue weighted by Crippen LogP contribution is -2.43. The smallest absolute Gasteiger partial charge is 0.315 e. The number of carboxylic acid groups (broad SMARTS) is 1. The Labute approximate surface area is 95.8 Å². The highest BCUT2D eigenvalue weighted by Crippen LogP contribution is 2.26. The molecule has 1 aliphatic carbocycles. The third-order valence-electron chi connectivity index (χ3n) is 3.15. The molecule has 0 aromatic heterocycles. The second kappa shape index (κ2) is 5.30. The fraction of sp³-hybridized carbons (Fsp3) is 0.818. The van der Waals surface area contributed by atoms with E-state index in [-0.39, 0.29) is 6.04 Å². The monoisotopic (exact) mass is 228 g/mol. The predicted molar refractivity (Wildman–Crippen MR) is 60.1 cm³/mol. The summed E-state index contributed by atoms with van der Waals surface area (Å²) in [4.78, 5) is 24.2. The first-order chi connectivity index (χ1) is 7.43. The summed E-state index contributed by atoms with van der Waals surface area (Å²) in [5, 5.41) is 11.3. The normalized spacial score (nSPS) is 19.2. The van der Waals surface area contributed by atoms with Gasteiger partial charge in [0.15, 0.2) is 0 Å². The van der Waals surface area contributed by atoms with Crippen molar-refractivity contribution in [3.05, 3.63) is 0 Å². The van der Waals surface area contributed by atoms with Crippen molar-refractivity contribution in [2.24, 2.45) is 5.92 Å². The lowest BCUT2D eigenvalue weighted by atomic mass is 10.1. The number of nitrogens with one attached hydrogen (secondary N) is 1. The van der Waals surface area contributed by atoms with Gasteiger partial charge in [0, 0.05) is 18.6 Å². The number of carboxylic acids is 1. The summed E-state index contributed by atoms with van der Waals surface area (Å²) < 4.78 is 0. The maximum absolute atomic E-state index is 11.4. The highest BCUT2D eigenvalue weighted by atomic mass is 16.4. The van der Waals surface area contributed by atoms with E-state index in [4.69, 9.17) is 5.11 Å². The van der Waals surface area contributed by atoms with Crippen molar-refractivity contribution in [1.29, 1.82) is 0 Å². The third kappa shape index (κ3) is 3.48. The van der Waals surface area contributed by atoms with E-state index in [9.17, 15) is 9.59 Å². The zero-order chi connectivity index (χ0) is 12.3. The second-order valence-electron chi connectivity index (χ2n) is 4.55. The molecule has 5 nitrogen and oxygen atoms in total. The number of amides is 1. The van der Waals surface area contributed by atoms with Crippen LogP contribution in [0.2, 0.25) is 0 Å². The van der Waals surface area contributed by atoms with E-state index >= 15 is 0 Å². The molecule has 2 atom stereocenters. The van der Waals surface area contributed by atoms with Gasteiger partial charge in [0.25, 0.3) is 0 Å². The molecular formula is C11H20N2O3. The minimum atomic E-state index is -1.08. The van der Waals surface area contributed by atoms with Crippen molar-refractivity contribution in [3.63, 3.8) is 0 Å². The van der Waals surface area contributed by atoms with Crippen LogP contribution in [0.3, 0.4) is 0 Å². The minimum Gasteiger partial charge on any atom is -0.481 e. The molecular weight excluding hydrogens is 208 g/mol. The van der Waals surface area contributed by atoms with Crippen molar-refractivity contribution in [2.75, 3.05) is 13.6 Å². The molecule has 1 amide bonds. The summed E-state index contributed by atoms with van der Waals surface area (Å²) in [5.74, 6) is -2.47. The molecule has 1 aliphatic rings. The van der Waals surface area contributed by atoms with E-state index in [2.05, 4.69) is 10.2 Å². The number of carbonyl (C=O) groups excluding carboxylic acids is 1. The lowest BCUT2D eigenvalue weighted by Gasteiger charge is -2.24. The number of hydrogen-bond acceptors (Lipinski definition) is 3. The van der Waals surface area contributed by atoms with Crippen LogP contribution in [-0.4, -0.2) is 47.6 Å². The highest BCUT2D eigenvalue weighted by molar-refractivity contribution is 5.96. The zero-order valence-electron chi connectivity index (χ0n) is 10.1. The van der Waals surface area contributed by atoms with E-state index in [0.29, 0.717) is 12.6 Å². The Bertz CT molecular complexity index is 276. The fourth-order valence-electron chi connectivity index (χ4n) is 1.50. The van der Waals surface area contributed by atoms with Crippen LogP contribution in [0.25, 0.3) is 0 Å². The van der Waals surface area contributed by atoms with Crippen molar-refractivity contribution in [2.45, 2.75) is 38.8 Å². The summed E-state index contributed by atoms with van der Waals surface area (Å²) >= 11 is 0. The lowest BCUT2D eigenvalue weighted by molar-refractivity contribution is -0.146. The average molecular weight is 228 g/mol. The van der Waals surface area contributed by atoms with Crippen LogP contribution in [0, 0.1) is 5.92 Å². The van der Waals surface area contributed by atoms with E-state index in [1.54, 1.807) is 0 Å². The molecule has 0 radical (unpaired) electrons. The first-order valence-corrected chi connectivity index (χ1v) is 5.66. The molecule has 1 rings (SSSR count). The van der Waals surface area contributed by atoms with E-state index in [0.717, 1.165) is 0 Å². The Balaban J connectivity index is 2.27. The maximum atomic E-state index is 11.4. The van der Waals surface area contributed by atoms with Gasteiger partial charge >= 0.3 is 5.97 Å². The Morgan fingerprint density at radius 3 is 2.44 bits per heavy atom. The van der Waals surface area contributed by atoms with E-state index < -0.39 is 17.8 Å². The summed E-state index contributed by atoms with van der Waals surface area (Å²) in [5.41, 5.74) is 0. The molecule has 1 fully saturated rings. The average Bonchev–Trinajstić information content (AvgIpc) is 3.06. The Kier molecular flexibility index (Phi) is 4.29. The molecule has 0 saturated heterocycles. The van der Waals surface area contributed by atoms with Gasteiger partial charge in [-0.15, -0.1) is 0 Å². The van der Waals surface area contributed by atoms with E-state index in [1.807, 2.05) is 14.0 Å². The number of nitrogens with zero attached hydrogens (tertiary/aromatic N) is 1. The summed E-state index contributed by atoms with van der Waals surface area (Å²) in [6, 6.07) is 0.890. The SMILES string of the molecule is CC(C(=O)O)C(=O)NCC(C)N(C)C1CC1. The molecule has 0 spiro atoms. The molecule has 0 aromatic carbocycles.